The molecule has 0 radical (unpaired) electrons. The molecule has 1 rings (SSSR count). The van der Waals surface area contributed by atoms with E-state index in [1.807, 2.05) is 0 Å². The number of hydrogen-bond donors (Lipinski definition) is 0. The molecule has 0 spiro atoms. The van der Waals surface area contributed by atoms with E-state index in [0.717, 1.165) is 0 Å². The van der Waals surface area contributed by atoms with E-state index in [4.69, 9.17) is 0 Å². The largest absolute Gasteiger partial charge is 0.417 e. The smallest absolute Gasteiger partial charge is 0.350 e. The Labute approximate surface area is 114 Å². The zero-order chi connectivity index (χ0) is 17.1. The van der Waals surface area contributed by atoms with Crippen LogP contribution in [0.15, 0.2) is 0 Å². The summed E-state index contributed by atoms with van der Waals surface area (Å²) in [6.45, 7) is 0.768. The minimum atomic E-state index is -5.37. The molecule has 2 atom stereocenters. The summed E-state index contributed by atoms with van der Waals surface area (Å²) in [6.07, 6.45) is -19.2. The molecule has 1 saturated heterocycles. The van der Waals surface area contributed by atoms with Crippen LogP contribution in [0.4, 0.5) is 39.5 Å². The zero-order valence-corrected chi connectivity index (χ0v) is 11.2. The fourth-order valence-corrected chi connectivity index (χ4v) is 2.64. The van der Waals surface area contributed by atoms with Crippen molar-refractivity contribution in [3.05, 3.63) is 0 Å². The molecule has 0 saturated carbocycles. The molecule has 0 aromatic heterocycles. The Morgan fingerprint density at radius 1 is 0.619 bits per heavy atom. The fraction of sp³-hybridized carbons (Fsp3) is 1.00. The minimum Gasteiger partial charge on any atom is -0.350 e. The normalized spacial score (nSPS) is 39.4. The molecule has 1 heterocycles. The van der Waals surface area contributed by atoms with Gasteiger partial charge in [0.2, 0.25) is 0 Å². The van der Waals surface area contributed by atoms with Gasteiger partial charge in [0, 0.05) is 0 Å². The third-order valence-electron chi connectivity index (χ3n) is 3.79. The van der Waals surface area contributed by atoms with Crippen molar-refractivity contribution >= 4 is 0 Å². The molecular formula is C11H13F9O. The van der Waals surface area contributed by atoms with E-state index in [1.165, 1.54) is 0 Å². The topological polar surface area (TPSA) is 9.23 Å². The maximum absolute atomic E-state index is 13.0. The van der Waals surface area contributed by atoms with Crippen molar-refractivity contribution in [1.82, 2.24) is 0 Å². The predicted octanol–water partition coefficient (Wildman–Crippen LogP) is 5.01. The summed E-state index contributed by atoms with van der Waals surface area (Å²) in [5.41, 5.74) is -10.3. The Kier molecular flexibility index (Phi) is 3.87. The van der Waals surface area contributed by atoms with Crippen molar-refractivity contribution in [1.29, 1.82) is 0 Å². The fourth-order valence-electron chi connectivity index (χ4n) is 2.64. The van der Waals surface area contributed by atoms with Crippen LogP contribution in [-0.4, -0.2) is 29.7 Å². The Bertz CT molecular complexity index is 336. The average Bonchev–Trinajstić information content (AvgIpc) is 2.09. The quantitative estimate of drug-likeness (QED) is 0.567. The molecule has 1 fully saturated rings. The van der Waals surface area contributed by atoms with Gasteiger partial charge in [0.1, 0.15) is 0 Å². The van der Waals surface area contributed by atoms with Gasteiger partial charge in [0.05, 0.1) is 5.41 Å². The first-order chi connectivity index (χ1) is 8.87. The van der Waals surface area contributed by atoms with Gasteiger partial charge in [-0.1, -0.05) is 6.92 Å². The van der Waals surface area contributed by atoms with E-state index in [2.05, 4.69) is 4.74 Å². The van der Waals surface area contributed by atoms with Gasteiger partial charge in [-0.25, -0.2) is 0 Å². The highest BCUT2D eigenvalue weighted by molar-refractivity contribution is 5.06. The van der Waals surface area contributed by atoms with E-state index in [-0.39, 0.29) is 13.8 Å². The number of alkyl halides is 9. The first kappa shape index (κ1) is 18.4. The van der Waals surface area contributed by atoms with Gasteiger partial charge in [-0.2, -0.15) is 39.5 Å². The number of ether oxygens (including phenoxy) is 1. The minimum absolute atomic E-state index is 0.208. The monoisotopic (exact) mass is 332 g/mol. The van der Waals surface area contributed by atoms with Gasteiger partial charge in [0.25, 0.3) is 0 Å². The molecule has 0 bridgehead atoms. The molecule has 0 N–H and O–H groups in total. The van der Waals surface area contributed by atoms with E-state index in [0.29, 0.717) is 6.92 Å². The Morgan fingerprint density at radius 3 is 1.10 bits per heavy atom. The van der Waals surface area contributed by atoms with Crippen molar-refractivity contribution in [2.24, 2.45) is 5.41 Å². The second-order valence-corrected chi connectivity index (χ2v) is 5.97. The van der Waals surface area contributed by atoms with E-state index in [9.17, 15) is 39.5 Å². The molecule has 1 aliphatic rings. The SMILES string of the molecule is CC1(C(F)(F)F)CC(C)(C(F)(F)F)OC(C)(C(F)(F)F)C1. The highest BCUT2D eigenvalue weighted by atomic mass is 19.4. The van der Waals surface area contributed by atoms with E-state index in [1.54, 1.807) is 0 Å². The van der Waals surface area contributed by atoms with Crippen molar-refractivity contribution in [2.45, 2.75) is 63.3 Å². The zero-order valence-electron chi connectivity index (χ0n) is 11.2. The number of halogens is 9. The lowest BCUT2D eigenvalue weighted by Crippen LogP contribution is -2.65. The molecular weight excluding hydrogens is 319 g/mol. The lowest BCUT2D eigenvalue weighted by atomic mass is 9.68. The summed E-state index contributed by atoms with van der Waals surface area (Å²) in [5, 5.41) is 0. The van der Waals surface area contributed by atoms with E-state index < -0.39 is 48.0 Å². The van der Waals surface area contributed by atoms with Crippen LogP contribution >= 0.6 is 0 Å². The highest BCUT2D eigenvalue weighted by Gasteiger charge is 2.72. The van der Waals surface area contributed by atoms with Crippen LogP contribution in [-0.2, 0) is 4.74 Å². The van der Waals surface area contributed by atoms with Crippen molar-refractivity contribution in [2.75, 3.05) is 0 Å². The Morgan fingerprint density at radius 2 is 0.905 bits per heavy atom. The standard InChI is InChI=1S/C11H13F9O/c1-6(9(12,13)14)4-7(2,10(15,16)17)21-8(3,5-6)11(18,19)20/h4-5H2,1-3H3. The van der Waals surface area contributed by atoms with Crippen LogP contribution in [0.5, 0.6) is 0 Å². The van der Waals surface area contributed by atoms with Gasteiger partial charge in [0.15, 0.2) is 11.2 Å². The van der Waals surface area contributed by atoms with Crippen LogP contribution in [0.2, 0.25) is 0 Å². The summed E-state index contributed by atoms with van der Waals surface area (Å²) in [7, 11) is 0. The third-order valence-corrected chi connectivity index (χ3v) is 3.79. The van der Waals surface area contributed by atoms with Gasteiger partial charge in [-0.15, -0.1) is 0 Å². The molecule has 21 heavy (non-hydrogen) atoms. The highest BCUT2D eigenvalue weighted by Crippen LogP contribution is 2.60. The van der Waals surface area contributed by atoms with Gasteiger partial charge < -0.3 is 4.74 Å². The molecule has 0 amide bonds. The average molecular weight is 332 g/mol. The summed E-state index contributed by atoms with van der Waals surface area (Å²) in [5.74, 6) is 0. The molecule has 1 aliphatic heterocycles. The molecule has 2 unspecified atom stereocenters. The molecule has 10 heteroatoms. The van der Waals surface area contributed by atoms with Crippen LogP contribution in [0, 0.1) is 5.41 Å². The summed E-state index contributed by atoms with van der Waals surface area (Å²) in [4.78, 5) is 0. The maximum Gasteiger partial charge on any atom is 0.417 e. The first-order valence-corrected chi connectivity index (χ1v) is 5.77. The van der Waals surface area contributed by atoms with Crippen molar-refractivity contribution < 1.29 is 44.3 Å². The molecule has 0 aromatic carbocycles. The van der Waals surface area contributed by atoms with Crippen LogP contribution in [0.25, 0.3) is 0 Å². The Balaban J connectivity index is 3.44. The van der Waals surface area contributed by atoms with Crippen LogP contribution in [0.1, 0.15) is 33.6 Å². The van der Waals surface area contributed by atoms with Crippen molar-refractivity contribution in [3.8, 4) is 0 Å². The number of rotatable bonds is 0. The lowest BCUT2D eigenvalue weighted by Gasteiger charge is -2.53. The lowest BCUT2D eigenvalue weighted by molar-refractivity contribution is -0.406. The molecule has 0 aromatic rings. The van der Waals surface area contributed by atoms with Gasteiger partial charge in [-0.3, -0.25) is 0 Å². The first-order valence-electron chi connectivity index (χ1n) is 5.77. The van der Waals surface area contributed by atoms with Crippen LogP contribution < -0.4 is 0 Å². The summed E-state index contributed by atoms with van der Waals surface area (Å²) >= 11 is 0. The second-order valence-electron chi connectivity index (χ2n) is 5.97. The molecule has 0 aliphatic carbocycles. The molecule has 126 valence electrons. The predicted molar refractivity (Wildman–Crippen MR) is 53.4 cm³/mol. The summed E-state index contributed by atoms with van der Waals surface area (Å²) < 4.78 is 121. The second kappa shape index (κ2) is 4.42. The van der Waals surface area contributed by atoms with Crippen molar-refractivity contribution in [3.63, 3.8) is 0 Å². The van der Waals surface area contributed by atoms with E-state index >= 15 is 0 Å². The third kappa shape index (κ3) is 2.95. The Hall–Kier alpha value is -0.670. The van der Waals surface area contributed by atoms with Crippen LogP contribution in [0.3, 0.4) is 0 Å². The summed E-state index contributed by atoms with van der Waals surface area (Å²) in [6, 6.07) is 0. The molecule has 1 nitrogen and oxygen atoms in total. The van der Waals surface area contributed by atoms with Gasteiger partial charge in [-0.05, 0) is 26.7 Å². The van der Waals surface area contributed by atoms with Gasteiger partial charge >= 0.3 is 18.5 Å². The number of hydrogen-bond acceptors (Lipinski definition) is 1. The maximum atomic E-state index is 13.0.